The van der Waals surface area contributed by atoms with Gasteiger partial charge in [0.05, 0.1) is 11.8 Å². The molecule has 7 heteroatoms. The summed E-state index contributed by atoms with van der Waals surface area (Å²) in [5, 5.41) is 29.8. The van der Waals surface area contributed by atoms with Crippen molar-refractivity contribution < 1.29 is 9.90 Å². The van der Waals surface area contributed by atoms with Gasteiger partial charge < -0.3 is 5.11 Å². The third kappa shape index (κ3) is 1.88. The summed E-state index contributed by atoms with van der Waals surface area (Å²) in [6, 6.07) is 4.80. The fourth-order valence-corrected chi connectivity index (χ4v) is 1.58. The van der Waals surface area contributed by atoms with Crippen molar-refractivity contribution in [2.45, 2.75) is 25.7 Å². The van der Waals surface area contributed by atoms with Crippen LogP contribution in [-0.4, -0.2) is 30.9 Å². The van der Waals surface area contributed by atoms with Gasteiger partial charge in [0.1, 0.15) is 0 Å². The lowest BCUT2D eigenvalue weighted by atomic mass is 10.1. The molecule has 1 unspecified atom stereocenters. The molecule has 2 rings (SSSR count). The van der Waals surface area contributed by atoms with E-state index in [0.717, 1.165) is 0 Å². The van der Waals surface area contributed by atoms with Crippen LogP contribution in [0.25, 0.3) is 5.65 Å². The average molecular weight is 245 g/mol. The van der Waals surface area contributed by atoms with E-state index in [9.17, 15) is 4.79 Å². The Morgan fingerprint density at radius 1 is 1.44 bits per heavy atom. The van der Waals surface area contributed by atoms with Crippen LogP contribution in [0.15, 0.2) is 12.1 Å². The summed E-state index contributed by atoms with van der Waals surface area (Å²) in [4.78, 5) is 10.9. The fourth-order valence-electron chi connectivity index (χ4n) is 1.58. The minimum absolute atomic E-state index is 0.105. The van der Waals surface area contributed by atoms with Crippen molar-refractivity contribution in [1.29, 1.82) is 5.26 Å². The molecule has 2 aromatic heterocycles. The summed E-state index contributed by atoms with van der Waals surface area (Å²) in [5.41, 5.74) is 0.712. The summed E-state index contributed by atoms with van der Waals surface area (Å²) in [5.74, 6) is -1.76. The van der Waals surface area contributed by atoms with Crippen LogP contribution in [0.3, 0.4) is 0 Å². The first kappa shape index (κ1) is 12.0. The van der Waals surface area contributed by atoms with E-state index < -0.39 is 11.9 Å². The van der Waals surface area contributed by atoms with Crippen LogP contribution in [0.5, 0.6) is 0 Å². The lowest BCUT2D eigenvalue weighted by Gasteiger charge is -2.05. The van der Waals surface area contributed by atoms with Crippen LogP contribution in [0.2, 0.25) is 0 Å². The van der Waals surface area contributed by atoms with E-state index in [4.69, 9.17) is 10.4 Å². The molecule has 1 N–H and O–H groups in total. The number of hydrogen-bond acceptors (Lipinski definition) is 5. The van der Waals surface area contributed by atoms with Crippen LogP contribution < -0.4 is 0 Å². The number of aliphatic carboxylic acids is 1. The molecule has 2 heterocycles. The molecule has 0 saturated carbocycles. The highest BCUT2D eigenvalue weighted by Gasteiger charge is 2.22. The van der Waals surface area contributed by atoms with Crippen LogP contribution in [0.1, 0.15) is 37.2 Å². The van der Waals surface area contributed by atoms with Crippen LogP contribution >= 0.6 is 0 Å². The highest BCUT2D eigenvalue weighted by atomic mass is 16.4. The maximum atomic E-state index is 10.9. The van der Waals surface area contributed by atoms with Gasteiger partial charge in [0.25, 0.3) is 0 Å². The second-order valence-electron chi connectivity index (χ2n) is 4.14. The highest BCUT2D eigenvalue weighted by molar-refractivity contribution is 5.78. The molecule has 0 radical (unpaired) electrons. The van der Waals surface area contributed by atoms with Crippen molar-refractivity contribution in [2.75, 3.05) is 0 Å². The predicted molar refractivity (Wildman–Crippen MR) is 60.9 cm³/mol. The quantitative estimate of drug-likeness (QED) is 0.862. The lowest BCUT2D eigenvalue weighted by molar-refractivity contribution is -0.137. The summed E-state index contributed by atoms with van der Waals surface area (Å²) < 4.78 is 1.48. The summed E-state index contributed by atoms with van der Waals surface area (Å²) in [7, 11) is 0. The summed E-state index contributed by atoms with van der Waals surface area (Å²) >= 11 is 0. The normalized spacial score (nSPS) is 12.6. The standard InChI is InChI=1S/C11H11N5O2/c1-6(2)10-14-13-9-4-3-8(15-16(9)10)7(5-12)11(17)18/h3-4,6-7H,1-2H3,(H,17,18). The molecule has 0 aromatic carbocycles. The Bertz CT molecular complexity index is 640. The SMILES string of the molecule is CC(C)c1nnc2ccc(C(C#N)C(=O)O)nn12. The van der Waals surface area contributed by atoms with Crippen molar-refractivity contribution >= 4 is 11.6 Å². The number of fused-ring (bicyclic) bond motifs is 1. The van der Waals surface area contributed by atoms with E-state index in [2.05, 4.69) is 15.3 Å². The van der Waals surface area contributed by atoms with Gasteiger partial charge in [0.2, 0.25) is 0 Å². The van der Waals surface area contributed by atoms with Crippen molar-refractivity contribution in [1.82, 2.24) is 19.8 Å². The van der Waals surface area contributed by atoms with E-state index in [1.807, 2.05) is 13.8 Å². The maximum Gasteiger partial charge on any atom is 0.327 e. The summed E-state index contributed by atoms with van der Waals surface area (Å²) in [6.07, 6.45) is 0. The zero-order chi connectivity index (χ0) is 13.3. The molecule has 92 valence electrons. The van der Waals surface area contributed by atoms with Crippen molar-refractivity contribution in [3.63, 3.8) is 0 Å². The average Bonchev–Trinajstić information content (AvgIpc) is 2.72. The zero-order valence-corrected chi connectivity index (χ0v) is 9.90. The Morgan fingerprint density at radius 2 is 2.17 bits per heavy atom. The second-order valence-corrected chi connectivity index (χ2v) is 4.14. The van der Waals surface area contributed by atoms with Gasteiger partial charge in [-0.1, -0.05) is 13.8 Å². The molecule has 0 fully saturated rings. The zero-order valence-electron chi connectivity index (χ0n) is 9.90. The molecule has 0 aliphatic carbocycles. The Labute approximate surface area is 103 Å². The molecule has 0 aliphatic heterocycles. The van der Waals surface area contributed by atoms with E-state index in [0.29, 0.717) is 11.5 Å². The van der Waals surface area contributed by atoms with Crippen molar-refractivity contribution in [2.24, 2.45) is 0 Å². The first-order valence-electron chi connectivity index (χ1n) is 5.39. The molecule has 2 aromatic rings. The van der Waals surface area contributed by atoms with Crippen molar-refractivity contribution in [3.8, 4) is 6.07 Å². The van der Waals surface area contributed by atoms with Gasteiger partial charge in [-0.15, -0.1) is 10.2 Å². The number of carboxylic acid groups (broad SMARTS) is 1. The van der Waals surface area contributed by atoms with Crippen LogP contribution in [0, 0.1) is 11.3 Å². The first-order chi connectivity index (χ1) is 8.54. The van der Waals surface area contributed by atoms with E-state index in [1.54, 1.807) is 12.1 Å². The number of carboxylic acids is 1. The fraction of sp³-hybridized carbons (Fsp3) is 0.364. The Hall–Kier alpha value is -2.49. The molecule has 0 amide bonds. The van der Waals surface area contributed by atoms with E-state index in [1.165, 1.54) is 10.6 Å². The van der Waals surface area contributed by atoms with E-state index in [-0.39, 0.29) is 11.6 Å². The number of aromatic nitrogens is 4. The highest BCUT2D eigenvalue weighted by Crippen LogP contribution is 2.16. The number of nitrogens with zero attached hydrogens (tertiary/aromatic N) is 5. The number of hydrogen-bond donors (Lipinski definition) is 1. The molecule has 0 bridgehead atoms. The minimum Gasteiger partial charge on any atom is -0.480 e. The third-order valence-electron chi connectivity index (χ3n) is 2.50. The predicted octanol–water partition coefficient (Wildman–Crippen LogP) is 0.939. The molecule has 0 aliphatic rings. The Kier molecular flexibility index (Phi) is 2.93. The molecular weight excluding hydrogens is 234 g/mol. The van der Waals surface area contributed by atoms with Gasteiger partial charge in [-0.05, 0) is 12.1 Å². The molecular formula is C11H11N5O2. The first-order valence-corrected chi connectivity index (χ1v) is 5.39. The Balaban J connectivity index is 2.59. The number of rotatable bonds is 3. The third-order valence-corrected chi connectivity index (χ3v) is 2.50. The van der Waals surface area contributed by atoms with Crippen LogP contribution in [-0.2, 0) is 4.79 Å². The molecule has 1 atom stereocenters. The van der Waals surface area contributed by atoms with Gasteiger partial charge in [-0.2, -0.15) is 14.9 Å². The maximum absolute atomic E-state index is 10.9. The Morgan fingerprint density at radius 3 is 2.72 bits per heavy atom. The number of nitriles is 1. The number of carbonyl (C=O) groups is 1. The smallest absolute Gasteiger partial charge is 0.327 e. The minimum atomic E-state index is -1.28. The molecule has 18 heavy (non-hydrogen) atoms. The van der Waals surface area contributed by atoms with Gasteiger partial charge in [0.15, 0.2) is 17.4 Å². The molecule has 0 spiro atoms. The largest absolute Gasteiger partial charge is 0.480 e. The summed E-state index contributed by atoms with van der Waals surface area (Å²) in [6.45, 7) is 3.87. The van der Waals surface area contributed by atoms with Gasteiger partial charge in [-0.25, -0.2) is 0 Å². The lowest BCUT2D eigenvalue weighted by Crippen LogP contribution is -2.13. The van der Waals surface area contributed by atoms with Gasteiger partial charge in [-0.3, -0.25) is 4.79 Å². The van der Waals surface area contributed by atoms with Gasteiger partial charge >= 0.3 is 5.97 Å². The van der Waals surface area contributed by atoms with Gasteiger partial charge in [0, 0.05) is 5.92 Å². The van der Waals surface area contributed by atoms with Crippen LogP contribution in [0.4, 0.5) is 0 Å². The molecule has 7 nitrogen and oxygen atoms in total. The monoisotopic (exact) mass is 245 g/mol. The molecule has 0 saturated heterocycles. The second kappa shape index (κ2) is 4.41. The van der Waals surface area contributed by atoms with E-state index >= 15 is 0 Å². The van der Waals surface area contributed by atoms with Crippen molar-refractivity contribution in [3.05, 3.63) is 23.7 Å². The topological polar surface area (TPSA) is 104 Å².